The Morgan fingerprint density at radius 1 is 0.875 bits per heavy atom. The number of ether oxygens (including phenoxy) is 5. The van der Waals surface area contributed by atoms with Crippen molar-refractivity contribution >= 4 is 17.6 Å². The molecule has 0 radical (unpaired) electrons. The second-order valence-corrected chi connectivity index (χ2v) is 9.69. The Labute approximate surface area is 236 Å². The van der Waals surface area contributed by atoms with Crippen LogP contribution in [0.5, 0.6) is 28.7 Å². The summed E-state index contributed by atoms with van der Waals surface area (Å²) in [5.41, 5.74) is 1.18. The molecule has 10 nitrogen and oxygen atoms in total. The molecule has 1 fully saturated rings. The molecule has 2 amide bonds. The van der Waals surface area contributed by atoms with Gasteiger partial charge in [0.05, 0.1) is 35.5 Å². The molecule has 2 aromatic carbocycles. The van der Waals surface area contributed by atoms with Gasteiger partial charge in [0.1, 0.15) is 6.04 Å². The summed E-state index contributed by atoms with van der Waals surface area (Å²) >= 11 is 0. The van der Waals surface area contributed by atoms with E-state index in [-0.39, 0.29) is 29.0 Å². The molecule has 1 heterocycles. The van der Waals surface area contributed by atoms with Crippen molar-refractivity contribution < 1.29 is 38.1 Å². The summed E-state index contributed by atoms with van der Waals surface area (Å²) in [7, 11) is 7.54. The lowest BCUT2D eigenvalue weighted by molar-refractivity contribution is -0.153. The van der Waals surface area contributed by atoms with Crippen LogP contribution in [-0.4, -0.2) is 88.1 Å². The van der Waals surface area contributed by atoms with Crippen LogP contribution in [0.15, 0.2) is 30.3 Å². The largest absolute Gasteiger partial charge is 0.493 e. The number of nitrogens with zero attached hydrogens (tertiary/aromatic N) is 2. The van der Waals surface area contributed by atoms with E-state index < -0.39 is 17.7 Å². The second-order valence-electron chi connectivity index (χ2n) is 9.69. The zero-order valence-corrected chi connectivity index (χ0v) is 24.4. The molecule has 0 saturated carbocycles. The minimum Gasteiger partial charge on any atom is -0.493 e. The molecule has 3 rings (SSSR count). The van der Waals surface area contributed by atoms with Gasteiger partial charge >= 0.3 is 0 Å². The second kappa shape index (κ2) is 13.9. The number of carbonyl (C=O) groups excluding carboxylic acids is 3. The fraction of sp³-hybridized carbons (Fsp3) is 0.500. The van der Waals surface area contributed by atoms with E-state index >= 15 is 0 Å². The number of benzene rings is 2. The predicted molar refractivity (Wildman–Crippen MR) is 150 cm³/mol. The number of carbonyl (C=O) groups is 3. The first-order valence-corrected chi connectivity index (χ1v) is 13.4. The Morgan fingerprint density at radius 2 is 1.50 bits per heavy atom. The van der Waals surface area contributed by atoms with Gasteiger partial charge in [-0.3, -0.25) is 14.4 Å². The maximum absolute atomic E-state index is 13.6. The molecule has 0 bridgehead atoms. The molecule has 1 aliphatic heterocycles. The molecule has 40 heavy (non-hydrogen) atoms. The van der Waals surface area contributed by atoms with E-state index in [1.165, 1.54) is 38.4 Å². The third-order valence-electron chi connectivity index (χ3n) is 7.15. The maximum atomic E-state index is 13.6. The van der Waals surface area contributed by atoms with Gasteiger partial charge in [-0.1, -0.05) is 19.4 Å². The van der Waals surface area contributed by atoms with Crippen molar-refractivity contribution in [3.63, 3.8) is 0 Å². The fourth-order valence-electron chi connectivity index (χ4n) is 5.18. The van der Waals surface area contributed by atoms with Crippen LogP contribution in [-0.2, 0) is 16.0 Å². The Balaban J connectivity index is 1.76. The number of rotatable bonds is 13. The van der Waals surface area contributed by atoms with Crippen molar-refractivity contribution in [3.8, 4) is 28.7 Å². The highest BCUT2D eigenvalue weighted by Crippen LogP contribution is 2.38. The van der Waals surface area contributed by atoms with E-state index in [1.54, 1.807) is 19.1 Å². The summed E-state index contributed by atoms with van der Waals surface area (Å²) in [6, 6.07) is 7.64. The summed E-state index contributed by atoms with van der Waals surface area (Å²) in [6.07, 6.45) is 2.64. The van der Waals surface area contributed by atoms with Crippen molar-refractivity contribution in [1.82, 2.24) is 9.80 Å². The van der Waals surface area contributed by atoms with E-state index in [1.807, 2.05) is 32.0 Å². The lowest BCUT2D eigenvalue weighted by atomic mass is 9.98. The van der Waals surface area contributed by atoms with Gasteiger partial charge in [0.2, 0.25) is 11.7 Å². The zero-order chi connectivity index (χ0) is 29.4. The first kappa shape index (κ1) is 30.6. The standard InChI is InChI=1S/C30H40N2O8/c1-8-10-22-29(34)31(14-9-11-20-12-13-23(36-3)24(15-20)37-4)18-19(2)32(22)30(35)27(33)21-16-25(38-5)28(40-7)26(17-21)39-6/h12-13,15-17,19,22H,8-11,14,18H2,1-7H3. The number of hydrogen-bond acceptors (Lipinski definition) is 8. The predicted octanol–water partition coefficient (Wildman–Crippen LogP) is 3.77. The van der Waals surface area contributed by atoms with Gasteiger partial charge in [0.25, 0.3) is 11.7 Å². The average molecular weight is 557 g/mol. The average Bonchev–Trinajstić information content (AvgIpc) is 2.97. The number of ketones is 1. The number of methoxy groups -OCH3 is 5. The van der Waals surface area contributed by atoms with Crippen molar-refractivity contribution in [3.05, 3.63) is 41.5 Å². The highest BCUT2D eigenvalue weighted by molar-refractivity contribution is 6.43. The Morgan fingerprint density at radius 3 is 2.05 bits per heavy atom. The first-order chi connectivity index (χ1) is 19.2. The molecule has 1 saturated heterocycles. The van der Waals surface area contributed by atoms with E-state index in [9.17, 15) is 14.4 Å². The number of Topliss-reactive ketones (excluding diaryl/α,β-unsaturated/α-hetero) is 1. The van der Waals surface area contributed by atoms with E-state index in [0.29, 0.717) is 43.2 Å². The summed E-state index contributed by atoms with van der Waals surface area (Å²) in [4.78, 5) is 43.8. The number of amides is 2. The quantitative estimate of drug-likeness (QED) is 0.271. The highest BCUT2D eigenvalue weighted by Gasteiger charge is 2.43. The van der Waals surface area contributed by atoms with Gasteiger partial charge in [-0.2, -0.15) is 0 Å². The SMILES string of the molecule is CCCC1C(=O)N(CCCc2ccc(OC)c(OC)c2)CC(C)N1C(=O)C(=O)c1cc(OC)c(OC)c(OC)c1. The van der Waals surface area contributed by atoms with Crippen LogP contribution in [0.1, 0.15) is 49.0 Å². The molecule has 0 aliphatic carbocycles. The van der Waals surface area contributed by atoms with E-state index in [0.717, 1.165) is 18.4 Å². The molecule has 10 heteroatoms. The highest BCUT2D eigenvalue weighted by atomic mass is 16.5. The lowest BCUT2D eigenvalue weighted by Crippen LogP contribution is -2.63. The van der Waals surface area contributed by atoms with Crippen LogP contribution in [0.3, 0.4) is 0 Å². The normalized spacial score (nSPS) is 16.9. The zero-order valence-electron chi connectivity index (χ0n) is 24.4. The first-order valence-electron chi connectivity index (χ1n) is 13.4. The van der Waals surface area contributed by atoms with Gasteiger partial charge in [0, 0.05) is 24.7 Å². The lowest BCUT2D eigenvalue weighted by Gasteiger charge is -2.44. The Hall–Kier alpha value is -3.95. The molecule has 1 aliphatic rings. The molecule has 2 unspecified atom stereocenters. The van der Waals surface area contributed by atoms with Gasteiger partial charge in [-0.05, 0) is 56.0 Å². The molecular weight excluding hydrogens is 516 g/mol. The molecule has 2 aromatic rings. The Bertz CT molecular complexity index is 1190. The fourth-order valence-corrected chi connectivity index (χ4v) is 5.18. The summed E-state index contributed by atoms with van der Waals surface area (Å²) in [6.45, 7) is 4.72. The molecule has 0 N–H and O–H groups in total. The summed E-state index contributed by atoms with van der Waals surface area (Å²) < 4.78 is 26.7. The third kappa shape index (κ3) is 6.43. The van der Waals surface area contributed by atoms with Gasteiger partial charge in [-0.25, -0.2) is 0 Å². The number of hydrogen-bond donors (Lipinski definition) is 0. The minimum atomic E-state index is -0.734. The molecule has 0 spiro atoms. The monoisotopic (exact) mass is 556 g/mol. The van der Waals surface area contributed by atoms with Crippen molar-refractivity contribution in [2.75, 3.05) is 48.6 Å². The summed E-state index contributed by atoms with van der Waals surface area (Å²) in [5.74, 6) is 0.594. The topological polar surface area (TPSA) is 104 Å². The molecule has 2 atom stereocenters. The van der Waals surface area contributed by atoms with Crippen LogP contribution >= 0.6 is 0 Å². The Kier molecular flexibility index (Phi) is 10.6. The number of aryl methyl sites for hydroxylation is 1. The van der Waals surface area contributed by atoms with Crippen molar-refractivity contribution in [1.29, 1.82) is 0 Å². The van der Waals surface area contributed by atoms with Gasteiger partial charge < -0.3 is 33.5 Å². The molecule has 218 valence electrons. The van der Waals surface area contributed by atoms with Gasteiger partial charge in [-0.15, -0.1) is 0 Å². The van der Waals surface area contributed by atoms with Crippen LogP contribution in [0.2, 0.25) is 0 Å². The number of piperazine rings is 1. The maximum Gasteiger partial charge on any atom is 0.295 e. The van der Waals surface area contributed by atoms with Crippen LogP contribution < -0.4 is 23.7 Å². The van der Waals surface area contributed by atoms with Crippen LogP contribution in [0.25, 0.3) is 0 Å². The molecular formula is C30H40N2O8. The smallest absolute Gasteiger partial charge is 0.295 e. The summed E-state index contributed by atoms with van der Waals surface area (Å²) in [5, 5.41) is 0. The molecule has 0 aromatic heterocycles. The third-order valence-corrected chi connectivity index (χ3v) is 7.15. The van der Waals surface area contributed by atoms with Gasteiger partial charge in [0.15, 0.2) is 23.0 Å². The minimum absolute atomic E-state index is 0.103. The van der Waals surface area contributed by atoms with Crippen molar-refractivity contribution in [2.24, 2.45) is 0 Å². The van der Waals surface area contributed by atoms with Crippen molar-refractivity contribution in [2.45, 2.75) is 51.6 Å². The van der Waals surface area contributed by atoms with Crippen LogP contribution in [0, 0.1) is 0 Å². The van der Waals surface area contributed by atoms with Crippen LogP contribution in [0.4, 0.5) is 0 Å². The van der Waals surface area contributed by atoms with E-state index in [4.69, 9.17) is 23.7 Å². The van der Waals surface area contributed by atoms with E-state index in [2.05, 4.69) is 0 Å².